The number of nitrogens with zero attached hydrogens (tertiary/aromatic N) is 3. The van der Waals surface area contributed by atoms with Crippen molar-refractivity contribution in [2.45, 2.75) is 37.8 Å². The minimum Gasteiger partial charge on any atom is -0.366 e. The van der Waals surface area contributed by atoms with Gasteiger partial charge in [0.05, 0.1) is 6.04 Å². The Labute approximate surface area is 242 Å². The summed E-state index contributed by atoms with van der Waals surface area (Å²) in [6.45, 7) is 3.66. The molecule has 0 bridgehead atoms. The van der Waals surface area contributed by atoms with Crippen LogP contribution in [0.2, 0.25) is 0 Å². The minimum absolute atomic E-state index is 0.0121. The van der Waals surface area contributed by atoms with Gasteiger partial charge in [-0.1, -0.05) is 54.6 Å². The molecule has 0 aliphatic carbocycles. The van der Waals surface area contributed by atoms with E-state index in [1.54, 1.807) is 17.0 Å². The number of aryl methyl sites for hydroxylation is 1. The Bertz CT molecular complexity index is 1340. The lowest BCUT2D eigenvalue weighted by atomic mass is 10.0. The number of carbonyl (C=O) groups is 3. The average Bonchev–Trinajstić information content (AvgIpc) is 3.70. The molecule has 2 atom stereocenters. The summed E-state index contributed by atoms with van der Waals surface area (Å²) in [6, 6.07) is 25.5. The fourth-order valence-corrected chi connectivity index (χ4v) is 5.78. The molecule has 3 aromatic carbocycles. The van der Waals surface area contributed by atoms with E-state index in [0.29, 0.717) is 30.3 Å². The van der Waals surface area contributed by atoms with Crippen molar-refractivity contribution in [1.82, 2.24) is 20.0 Å². The zero-order chi connectivity index (χ0) is 28.8. The summed E-state index contributed by atoms with van der Waals surface area (Å²) in [6.07, 6.45) is 3.88. The first-order valence-electron chi connectivity index (χ1n) is 14.5. The van der Waals surface area contributed by atoms with Crippen LogP contribution in [0.1, 0.15) is 45.5 Å². The molecular formula is C33H39N5O3. The molecular weight excluding hydrogens is 514 g/mol. The maximum Gasteiger partial charge on any atom is 0.320 e. The van der Waals surface area contributed by atoms with Gasteiger partial charge in [-0.25, -0.2) is 4.79 Å². The summed E-state index contributed by atoms with van der Waals surface area (Å²) in [5.41, 5.74) is 9.64. The number of likely N-dealkylation sites (N-methyl/N-ethyl adjacent to an activating group) is 1. The van der Waals surface area contributed by atoms with Crippen molar-refractivity contribution in [3.63, 3.8) is 0 Å². The quantitative estimate of drug-likeness (QED) is 0.391. The summed E-state index contributed by atoms with van der Waals surface area (Å²) in [7, 11) is 1.82. The predicted molar refractivity (Wildman–Crippen MR) is 161 cm³/mol. The molecule has 2 aliphatic rings. The van der Waals surface area contributed by atoms with E-state index in [-0.39, 0.29) is 18.0 Å². The maximum atomic E-state index is 13.2. The van der Waals surface area contributed by atoms with Gasteiger partial charge in [0.15, 0.2) is 0 Å². The topological polar surface area (TPSA) is 99.0 Å². The van der Waals surface area contributed by atoms with Gasteiger partial charge in [-0.2, -0.15) is 0 Å². The van der Waals surface area contributed by atoms with Crippen LogP contribution in [-0.2, 0) is 6.42 Å². The van der Waals surface area contributed by atoms with Gasteiger partial charge < -0.3 is 25.8 Å². The number of hydrogen-bond acceptors (Lipinski definition) is 4. The minimum atomic E-state index is -0.459. The third-order valence-electron chi connectivity index (χ3n) is 8.31. The van der Waals surface area contributed by atoms with Gasteiger partial charge in [0, 0.05) is 50.4 Å². The summed E-state index contributed by atoms with van der Waals surface area (Å²) in [5.74, 6) is -0.514. The predicted octanol–water partition coefficient (Wildman–Crippen LogP) is 4.02. The molecule has 2 aliphatic heterocycles. The van der Waals surface area contributed by atoms with Crippen LogP contribution in [0, 0.1) is 0 Å². The molecule has 8 nitrogen and oxygen atoms in total. The standard InChI is InChI=1S/C33H39N5O3/c1-36(32(40)28-15-11-26(12-16-28)25-9-13-27(14-10-25)31(34)39)30-18-21-38(23-30)33(41)37-20-17-29(22-37)35-19-5-8-24-6-3-2-4-7-24/h2-4,6-7,9-16,29-30,35H,5,8,17-23H2,1H3,(H2,34,39)/t29-,30-/m0/s1. The molecule has 0 radical (unpaired) electrons. The van der Waals surface area contributed by atoms with E-state index >= 15 is 0 Å². The Morgan fingerprint density at radius 3 is 2.10 bits per heavy atom. The third-order valence-corrected chi connectivity index (χ3v) is 8.31. The number of primary amides is 1. The van der Waals surface area contributed by atoms with Gasteiger partial charge in [-0.3, -0.25) is 9.59 Å². The average molecular weight is 554 g/mol. The smallest absolute Gasteiger partial charge is 0.320 e. The second-order valence-electron chi connectivity index (χ2n) is 11.1. The number of amides is 4. The molecule has 2 fully saturated rings. The van der Waals surface area contributed by atoms with Gasteiger partial charge in [-0.05, 0) is 73.2 Å². The van der Waals surface area contributed by atoms with Gasteiger partial charge in [0.1, 0.15) is 0 Å². The molecule has 3 aromatic rings. The normalized spacial score (nSPS) is 18.5. The van der Waals surface area contributed by atoms with Gasteiger partial charge in [-0.15, -0.1) is 0 Å². The van der Waals surface area contributed by atoms with E-state index in [9.17, 15) is 14.4 Å². The first-order valence-corrected chi connectivity index (χ1v) is 14.5. The van der Waals surface area contributed by atoms with Crippen molar-refractivity contribution >= 4 is 17.8 Å². The van der Waals surface area contributed by atoms with Crippen molar-refractivity contribution in [2.24, 2.45) is 5.73 Å². The van der Waals surface area contributed by atoms with Crippen LogP contribution in [-0.4, -0.2) is 84.4 Å². The summed E-state index contributed by atoms with van der Waals surface area (Å²) < 4.78 is 0. The van der Waals surface area contributed by atoms with Crippen molar-refractivity contribution in [3.8, 4) is 11.1 Å². The molecule has 0 unspecified atom stereocenters. The number of carbonyl (C=O) groups excluding carboxylic acids is 3. The fraction of sp³-hybridized carbons (Fsp3) is 0.364. The molecule has 0 saturated carbocycles. The first kappa shape index (κ1) is 28.4. The van der Waals surface area contributed by atoms with Crippen LogP contribution in [0.4, 0.5) is 4.79 Å². The zero-order valence-corrected chi connectivity index (χ0v) is 23.7. The van der Waals surface area contributed by atoms with E-state index < -0.39 is 5.91 Å². The van der Waals surface area contributed by atoms with Crippen LogP contribution in [0.3, 0.4) is 0 Å². The second-order valence-corrected chi connectivity index (χ2v) is 11.1. The highest BCUT2D eigenvalue weighted by Gasteiger charge is 2.35. The number of urea groups is 1. The molecule has 0 aromatic heterocycles. The van der Waals surface area contributed by atoms with Crippen molar-refractivity contribution in [1.29, 1.82) is 0 Å². The molecule has 2 heterocycles. The highest BCUT2D eigenvalue weighted by molar-refractivity contribution is 5.95. The second kappa shape index (κ2) is 13.0. The van der Waals surface area contributed by atoms with Crippen LogP contribution >= 0.6 is 0 Å². The Kier molecular flexibility index (Phi) is 8.99. The lowest BCUT2D eigenvalue weighted by molar-refractivity contribution is 0.0735. The monoisotopic (exact) mass is 553 g/mol. The molecule has 4 amide bonds. The Balaban J connectivity index is 1.07. The third kappa shape index (κ3) is 6.95. The van der Waals surface area contributed by atoms with Crippen molar-refractivity contribution in [2.75, 3.05) is 39.8 Å². The maximum absolute atomic E-state index is 13.2. The summed E-state index contributed by atoms with van der Waals surface area (Å²) >= 11 is 0. The number of hydrogen-bond donors (Lipinski definition) is 2. The Morgan fingerprint density at radius 2 is 1.44 bits per heavy atom. The highest BCUT2D eigenvalue weighted by Crippen LogP contribution is 2.23. The Morgan fingerprint density at radius 1 is 0.829 bits per heavy atom. The van der Waals surface area contributed by atoms with E-state index in [2.05, 4.69) is 29.6 Å². The molecule has 8 heteroatoms. The number of nitrogens with two attached hydrogens (primary N) is 1. The SMILES string of the molecule is CN(C(=O)c1ccc(-c2ccc(C(N)=O)cc2)cc1)[C@H]1CCN(C(=O)N2CC[C@H](NCCCc3ccccc3)C2)C1. The van der Waals surface area contributed by atoms with Gasteiger partial charge in [0.25, 0.3) is 5.91 Å². The molecule has 5 rings (SSSR count). The van der Waals surface area contributed by atoms with E-state index in [0.717, 1.165) is 56.4 Å². The van der Waals surface area contributed by atoms with Crippen LogP contribution in [0.5, 0.6) is 0 Å². The molecule has 41 heavy (non-hydrogen) atoms. The fourth-order valence-electron chi connectivity index (χ4n) is 5.78. The number of rotatable bonds is 9. The van der Waals surface area contributed by atoms with E-state index in [1.165, 1.54) is 5.56 Å². The zero-order valence-electron chi connectivity index (χ0n) is 23.7. The Hall–Kier alpha value is -4.17. The first-order chi connectivity index (χ1) is 19.9. The van der Waals surface area contributed by atoms with Crippen LogP contribution in [0.25, 0.3) is 11.1 Å². The number of nitrogens with one attached hydrogen (secondary N) is 1. The molecule has 2 saturated heterocycles. The summed E-state index contributed by atoms with van der Waals surface area (Å²) in [4.78, 5) is 43.4. The van der Waals surface area contributed by atoms with Crippen molar-refractivity contribution < 1.29 is 14.4 Å². The van der Waals surface area contributed by atoms with Crippen molar-refractivity contribution in [3.05, 3.63) is 95.6 Å². The lowest BCUT2D eigenvalue weighted by Gasteiger charge is -2.27. The van der Waals surface area contributed by atoms with E-state index in [4.69, 9.17) is 5.73 Å². The summed E-state index contributed by atoms with van der Waals surface area (Å²) in [5, 5.41) is 3.62. The van der Waals surface area contributed by atoms with Crippen LogP contribution < -0.4 is 11.1 Å². The van der Waals surface area contributed by atoms with E-state index in [1.807, 2.05) is 59.3 Å². The molecule has 214 valence electrons. The molecule has 0 spiro atoms. The lowest BCUT2D eigenvalue weighted by Crippen LogP contribution is -2.45. The highest BCUT2D eigenvalue weighted by atomic mass is 16.2. The number of benzene rings is 3. The largest absolute Gasteiger partial charge is 0.366 e. The number of likely N-dealkylation sites (tertiary alicyclic amines) is 2. The molecule has 3 N–H and O–H groups in total. The van der Waals surface area contributed by atoms with Gasteiger partial charge >= 0.3 is 6.03 Å². The van der Waals surface area contributed by atoms with Crippen LogP contribution in [0.15, 0.2) is 78.9 Å². The van der Waals surface area contributed by atoms with Gasteiger partial charge in [0.2, 0.25) is 5.91 Å².